The Hall–Kier alpha value is -3.39. The number of hydrogen-bond acceptors (Lipinski definition) is 5. The van der Waals surface area contributed by atoms with Gasteiger partial charge in [-0.2, -0.15) is 5.10 Å². The third kappa shape index (κ3) is 5.08. The number of piperazine rings is 1. The Labute approximate surface area is 190 Å². The van der Waals surface area contributed by atoms with E-state index in [-0.39, 0.29) is 17.4 Å². The molecule has 2 aromatic heterocycles. The van der Waals surface area contributed by atoms with Crippen LogP contribution in [0.2, 0.25) is 5.02 Å². The third-order valence-corrected chi connectivity index (χ3v) is 5.67. The number of hydrogen-bond donors (Lipinski definition) is 0. The minimum absolute atomic E-state index is 0.0111. The molecule has 0 saturated carbocycles. The summed E-state index contributed by atoms with van der Waals surface area (Å²) in [5, 5.41) is 5.05. The van der Waals surface area contributed by atoms with Gasteiger partial charge in [0.05, 0.1) is 12.0 Å². The van der Waals surface area contributed by atoms with Crippen LogP contribution < -0.4 is 5.56 Å². The number of furan rings is 1. The van der Waals surface area contributed by atoms with E-state index < -0.39 is 0 Å². The van der Waals surface area contributed by atoms with Crippen molar-refractivity contribution in [3.8, 4) is 11.3 Å². The Morgan fingerprint density at radius 1 is 0.969 bits per heavy atom. The van der Waals surface area contributed by atoms with Gasteiger partial charge in [0.2, 0.25) is 5.91 Å². The average Bonchev–Trinajstić information content (AvgIpc) is 3.35. The van der Waals surface area contributed by atoms with Gasteiger partial charge in [-0.15, -0.1) is 0 Å². The maximum atomic E-state index is 12.6. The van der Waals surface area contributed by atoms with Gasteiger partial charge in [0, 0.05) is 55.8 Å². The molecule has 0 unspecified atom stereocenters. The van der Waals surface area contributed by atoms with Crippen molar-refractivity contribution in [2.75, 3.05) is 26.2 Å². The zero-order valence-electron chi connectivity index (χ0n) is 17.4. The van der Waals surface area contributed by atoms with Crippen molar-refractivity contribution in [1.82, 2.24) is 19.6 Å². The molecule has 0 bridgehead atoms. The minimum atomic E-state index is -0.208. The molecule has 1 fully saturated rings. The normalized spacial score (nSPS) is 13.9. The Bertz CT molecular complexity index is 1130. The summed E-state index contributed by atoms with van der Waals surface area (Å²) in [6, 6.07) is 13.7. The van der Waals surface area contributed by atoms with Crippen molar-refractivity contribution < 1.29 is 14.0 Å². The standard InChI is InChI=1S/C23H23ClN4O4/c24-18-7-5-17(6-8-18)19-9-10-22(30)28(25-19)11-1-4-21(29)26-12-14-27(15-13-26)23(31)20-3-2-16-32-20/h2-3,5-10,16H,1,4,11-15H2. The SMILES string of the molecule is O=C(CCCn1nc(-c2ccc(Cl)cc2)ccc1=O)N1CCN(C(=O)c2ccco2)CC1. The van der Waals surface area contributed by atoms with Crippen molar-refractivity contribution in [3.63, 3.8) is 0 Å². The van der Waals surface area contributed by atoms with E-state index in [4.69, 9.17) is 16.0 Å². The zero-order valence-corrected chi connectivity index (χ0v) is 18.2. The molecule has 1 aliphatic rings. The number of carbonyl (C=O) groups is 2. The van der Waals surface area contributed by atoms with Crippen LogP contribution in [0.5, 0.6) is 0 Å². The first-order chi connectivity index (χ1) is 15.5. The Morgan fingerprint density at radius 2 is 1.69 bits per heavy atom. The van der Waals surface area contributed by atoms with Gasteiger partial charge in [-0.1, -0.05) is 23.7 Å². The first kappa shape index (κ1) is 21.8. The molecular weight excluding hydrogens is 432 g/mol. The summed E-state index contributed by atoms with van der Waals surface area (Å²) >= 11 is 5.93. The van der Waals surface area contributed by atoms with Gasteiger partial charge in [-0.25, -0.2) is 4.68 Å². The van der Waals surface area contributed by atoms with Crippen molar-refractivity contribution >= 4 is 23.4 Å². The van der Waals surface area contributed by atoms with E-state index in [0.29, 0.717) is 62.0 Å². The molecule has 8 nitrogen and oxygen atoms in total. The summed E-state index contributed by atoms with van der Waals surface area (Å²) in [5.41, 5.74) is 1.33. The lowest BCUT2D eigenvalue weighted by atomic mass is 10.1. The molecule has 0 radical (unpaired) electrons. The number of nitrogens with zero attached hydrogens (tertiary/aromatic N) is 4. The number of benzene rings is 1. The topological polar surface area (TPSA) is 88.7 Å². The fourth-order valence-corrected chi connectivity index (χ4v) is 3.76. The molecular formula is C23H23ClN4O4. The molecule has 1 aromatic carbocycles. The lowest BCUT2D eigenvalue weighted by Gasteiger charge is -2.34. The van der Waals surface area contributed by atoms with Gasteiger partial charge in [0.25, 0.3) is 11.5 Å². The molecule has 3 heterocycles. The third-order valence-electron chi connectivity index (χ3n) is 5.42. The lowest BCUT2D eigenvalue weighted by molar-refractivity contribution is -0.132. The number of amides is 2. The predicted octanol–water partition coefficient (Wildman–Crippen LogP) is 2.92. The summed E-state index contributed by atoms with van der Waals surface area (Å²) in [6.07, 6.45) is 2.28. The fraction of sp³-hybridized carbons (Fsp3) is 0.304. The van der Waals surface area contributed by atoms with Crippen molar-refractivity contribution in [1.29, 1.82) is 0 Å². The first-order valence-corrected chi connectivity index (χ1v) is 10.8. The number of halogens is 1. The van der Waals surface area contributed by atoms with E-state index in [1.807, 2.05) is 12.1 Å². The summed E-state index contributed by atoms with van der Waals surface area (Å²) in [7, 11) is 0. The quantitative estimate of drug-likeness (QED) is 0.571. The molecule has 1 saturated heterocycles. The van der Waals surface area contributed by atoms with E-state index in [0.717, 1.165) is 5.56 Å². The van der Waals surface area contributed by atoms with E-state index in [1.54, 1.807) is 40.1 Å². The van der Waals surface area contributed by atoms with E-state index in [9.17, 15) is 14.4 Å². The van der Waals surface area contributed by atoms with Gasteiger partial charge in [0.1, 0.15) is 0 Å². The minimum Gasteiger partial charge on any atom is -0.459 e. The molecule has 4 rings (SSSR count). The second-order valence-electron chi connectivity index (χ2n) is 7.54. The summed E-state index contributed by atoms with van der Waals surface area (Å²) in [5.74, 6) is 0.161. The highest BCUT2D eigenvalue weighted by atomic mass is 35.5. The van der Waals surface area contributed by atoms with Crippen LogP contribution >= 0.6 is 11.6 Å². The summed E-state index contributed by atoms with van der Waals surface area (Å²) < 4.78 is 6.54. The average molecular weight is 455 g/mol. The molecule has 0 atom stereocenters. The Morgan fingerprint density at radius 3 is 2.38 bits per heavy atom. The second-order valence-corrected chi connectivity index (χ2v) is 7.98. The molecule has 0 aliphatic carbocycles. The molecule has 1 aliphatic heterocycles. The van der Waals surface area contributed by atoms with Crippen LogP contribution in [-0.4, -0.2) is 57.6 Å². The molecule has 0 N–H and O–H groups in total. The van der Waals surface area contributed by atoms with Crippen molar-refractivity contribution in [2.45, 2.75) is 19.4 Å². The maximum absolute atomic E-state index is 12.6. The molecule has 166 valence electrons. The number of carbonyl (C=O) groups excluding carboxylic acids is 2. The van der Waals surface area contributed by atoms with Crippen molar-refractivity contribution in [2.24, 2.45) is 0 Å². The van der Waals surface area contributed by atoms with E-state index in [1.165, 1.54) is 17.0 Å². The largest absolute Gasteiger partial charge is 0.459 e. The lowest BCUT2D eigenvalue weighted by Crippen LogP contribution is -2.50. The van der Waals surface area contributed by atoms with Crippen LogP contribution in [0.3, 0.4) is 0 Å². The molecule has 3 aromatic rings. The fourth-order valence-electron chi connectivity index (χ4n) is 3.64. The van der Waals surface area contributed by atoms with Gasteiger partial charge in [-0.05, 0) is 36.8 Å². The number of aromatic nitrogens is 2. The highest BCUT2D eigenvalue weighted by molar-refractivity contribution is 6.30. The Kier molecular flexibility index (Phi) is 6.70. The summed E-state index contributed by atoms with van der Waals surface area (Å²) in [6.45, 7) is 2.25. The zero-order chi connectivity index (χ0) is 22.5. The van der Waals surface area contributed by atoms with E-state index >= 15 is 0 Å². The van der Waals surface area contributed by atoms with Gasteiger partial charge >= 0.3 is 0 Å². The highest BCUT2D eigenvalue weighted by Crippen LogP contribution is 2.18. The Balaban J connectivity index is 1.28. The monoisotopic (exact) mass is 454 g/mol. The van der Waals surface area contributed by atoms with Gasteiger partial charge in [-0.3, -0.25) is 14.4 Å². The maximum Gasteiger partial charge on any atom is 0.289 e. The highest BCUT2D eigenvalue weighted by Gasteiger charge is 2.25. The number of aryl methyl sites for hydroxylation is 1. The number of rotatable bonds is 6. The van der Waals surface area contributed by atoms with Crippen LogP contribution in [0.1, 0.15) is 23.4 Å². The van der Waals surface area contributed by atoms with Crippen LogP contribution in [0.4, 0.5) is 0 Å². The van der Waals surface area contributed by atoms with E-state index in [2.05, 4.69) is 5.10 Å². The molecule has 2 amide bonds. The molecule has 32 heavy (non-hydrogen) atoms. The molecule has 0 spiro atoms. The second kappa shape index (κ2) is 9.82. The van der Waals surface area contributed by atoms with Crippen LogP contribution in [-0.2, 0) is 11.3 Å². The van der Waals surface area contributed by atoms with Gasteiger partial charge < -0.3 is 14.2 Å². The van der Waals surface area contributed by atoms with Crippen molar-refractivity contribution in [3.05, 3.63) is 75.9 Å². The summed E-state index contributed by atoms with van der Waals surface area (Å²) in [4.78, 5) is 40.5. The first-order valence-electron chi connectivity index (χ1n) is 10.5. The molecule has 9 heteroatoms. The predicted molar refractivity (Wildman–Crippen MR) is 119 cm³/mol. The smallest absolute Gasteiger partial charge is 0.289 e. The van der Waals surface area contributed by atoms with Crippen LogP contribution in [0.15, 0.2) is 64.0 Å². The van der Waals surface area contributed by atoms with Crippen LogP contribution in [0, 0.1) is 0 Å². The van der Waals surface area contributed by atoms with Gasteiger partial charge in [0.15, 0.2) is 5.76 Å². The van der Waals surface area contributed by atoms with Crippen LogP contribution in [0.25, 0.3) is 11.3 Å².